The molecule has 0 saturated carbocycles. The monoisotopic (exact) mass is 629 g/mol. The Kier molecular flexibility index (Phi) is 11.4. The van der Waals surface area contributed by atoms with Gasteiger partial charge in [0.25, 0.3) is 0 Å². The summed E-state index contributed by atoms with van der Waals surface area (Å²) in [6.45, 7) is 1.04. The molecule has 200 valence electrons. The van der Waals surface area contributed by atoms with E-state index >= 15 is 0 Å². The number of carbonyl (C=O) groups excluding carboxylic acids is 1. The van der Waals surface area contributed by atoms with E-state index < -0.39 is 5.97 Å². The largest absolute Gasteiger partial charge is 0.481 e. The van der Waals surface area contributed by atoms with Gasteiger partial charge in [0.2, 0.25) is 0 Å². The number of hydrogen-bond acceptors (Lipinski definition) is 4. The van der Waals surface area contributed by atoms with Gasteiger partial charge in [0.15, 0.2) is 5.78 Å². The fraction of sp³-hybridized carbons (Fsp3) is 0.300. The maximum atomic E-state index is 14.5. The molecule has 0 amide bonds. The number of nitrogens with zero attached hydrogens (tertiary/aromatic N) is 1. The zero-order valence-corrected chi connectivity index (χ0v) is 23.4. The second-order valence-electron chi connectivity index (χ2n) is 9.22. The molecule has 0 heterocycles. The van der Waals surface area contributed by atoms with Crippen LogP contribution < -0.4 is 11.5 Å². The molecular weight excluding hydrogens is 596 g/mol. The van der Waals surface area contributed by atoms with Crippen LogP contribution in [0.1, 0.15) is 53.6 Å². The number of hydrogen-bond donors (Lipinski definition) is 3. The minimum atomic E-state index is -0.886. The summed E-state index contributed by atoms with van der Waals surface area (Å²) >= 11 is 2.13. The van der Waals surface area contributed by atoms with Crippen LogP contribution in [0.15, 0.2) is 71.7 Å². The number of aliphatic carboxylic acids is 1. The van der Waals surface area contributed by atoms with Gasteiger partial charge in [-0.15, -0.1) is 0 Å². The molecule has 0 radical (unpaired) electrons. The van der Waals surface area contributed by atoms with E-state index in [2.05, 4.69) is 27.6 Å². The van der Waals surface area contributed by atoms with Crippen molar-refractivity contribution in [2.45, 2.75) is 38.5 Å². The van der Waals surface area contributed by atoms with Gasteiger partial charge in [-0.25, -0.2) is 4.39 Å². The van der Waals surface area contributed by atoms with Crippen LogP contribution in [-0.2, 0) is 11.2 Å². The summed E-state index contributed by atoms with van der Waals surface area (Å²) < 4.78 is 15.4. The quantitative estimate of drug-likeness (QED) is 0.0681. The average molecular weight is 630 g/mol. The number of carboxylic acids is 1. The molecule has 0 aliphatic carbocycles. The van der Waals surface area contributed by atoms with Crippen LogP contribution in [-0.4, -0.2) is 35.8 Å². The summed E-state index contributed by atoms with van der Waals surface area (Å²) in [7, 11) is 0. The first-order valence-electron chi connectivity index (χ1n) is 12.7. The van der Waals surface area contributed by atoms with Gasteiger partial charge in [-0.3, -0.25) is 14.6 Å². The smallest absolute Gasteiger partial charge is 0.303 e. The zero-order valence-electron chi connectivity index (χ0n) is 21.2. The summed E-state index contributed by atoms with van der Waals surface area (Å²) in [5, 5.41) is 9.10. The molecular formula is C30H33FIN3O3. The third-order valence-electron chi connectivity index (χ3n) is 6.36. The van der Waals surface area contributed by atoms with Gasteiger partial charge in [0.05, 0.1) is 0 Å². The van der Waals surface area contributed by atoms with E-state index in [1.807, 2.05) is 42.5 Å². The molecule has 38 heavy (non-hydrogen) atoms. The maximum Gasteiger partial charge on any atom is 0.303 e. The van der Waals surface area contributed by atoms with Crippen LogP contribution in [0.3, 0.4) is 0 Å². The van der Waals surface area contributed by atoms with E-state index in [0.29, 0.717) is 49.3 Å². The molecule has 6 nitrogen and oxygen atoms in total. The fourth-order valence-corrected chi connectivity index (χ4v) is 5.04. The Morgan fingerprint density at radius 3 is 2.32 bits per heavy atom. The van der Waals surface area contributed by atoms with Gasteiger partial charge >= 0.3 is 5.97 Å². The molecule has 0 bridgehead atoms. The van der Waals surface area contributed by atoms with Crippen LogP contribution in [0.25, 0.3) is 11.1 Å². The van der Waals surface area contributed by atoms with Crippen LogP contribution in [0.2, 0.25) is 0 Å². The fourth-order valence-electron chi connectivity index (χ4n) is 4.48. The summed E-state index contributed by atoms with van der Waals surface area (Å²) in [6, 6.07) is 19.8. The molecule has 0 saturated heterocycles. The Balaban J connectivity index is 1.91. The molecule has 3 rings (SSSR count). The highest BCUT2D eigenvalue weighted by Crippen LogP contribution is 2.30. The van der Waals surface area contributed by atoms with Crippen LogP contribution in [0.5, 0.6) is 0 Å². The summed E-state index contributed by atoms with van der Waals surface area (Å²) in [6.07, 6.45) is 2.17. The third kappa shape index (κ3) is 8.46. The first kappa shape index (κ1) is 29.4. The lowest BCUT2D eigenvalue weighted by molar-refractivity contribution is -0.137. The maximum absolute atomic E-state index is 14.5. The van der Waals surface area contributed by atoms with Gasteiger partial charge in [0, 0.05) is 34.1 Å². The minimum Gasteiger partial charge on any atom is -0.481 e. The lowest BCUT2D eigenvalue weighted by Crippen LogP contribution is -2.17. The number of nitrogens with two attached hydrogens (primary N) is 2. The number of carbonyl (C=O) groups is 2. The second kappa shape index (κ2) is 14.7. The van der Waals surface area contributed by atoms with Crippen molar-refractivity contribution in [2.24, 2.45) is 22.4 Å². The van der Waals surface area contributed by atoms with Gasteiger partial charge in [-0.2, -0.15) is 0 Å². The van der Waals surface area contributed by atoms with E-state index in [9.17, 15) is 14.0 Å². The molecule has 1 atom stereocenters. The Hall–Kier alpha value is -3.11. The number of ketones is 1. The molecule has 3 aromatic carbocycles. The first-order valence-corrected chi connectivity index (χ1v) is 13.8. The van der Waals surface area contributed by atoms with Gasteiger partial charge in [0.1, 0.15) is 11.7 Å². The van der Waals surface area contributed by atoms with E-state index in [0.717, 1.165) is 26.7 Å². The Labute approximate surface area is 236 Å². The van der Waals surface area contributed by atoms with Gasteiger partial charge < -0.3 is 16.6 Å². The summed E-state index contributed by atoms with van der Waals surface area (Å²) in [5.41, 5.74) is 15.3. The number of benzene rings is 3. The van der Waals surface area contributed by atoms with Crippen molar-refractivity contribution in [2.75, 3.05) is 13.1 Å². The third-order valence-corrected chi connectivity index (χ3v) is 7.03. The standard InChI is InChI=1S/C30H33FIN3O3/c31-27-14-13-22(32)19-21(27)17-20(7-5-12-29(37)38)18-28(36)25-10-3-1-8-23(25)24-9-2-4-11-26(24)30(34)35-16-6-15-33/h1-4,8-11,13-14,19-20H,5-7,12,15-18,33H2,(H2,34,35)(H,37,38)/t20-/m0/s1. The van der Waals surface area contributed by atoms with Crippen LogP contribution >= 0.6 is 22.6 Å². The highest BCUT2D eigenvalue weighted by atomic mass is 127. The van der Waals surface area contributed by atoms with Crippen molar-refractivity contribution >= 4 is 40.2 Å². The average Bonchev–Trinajstić information content (AvgIpc) is 2.90. The van der Waals surface area contributed by atoms with E-state index in [-0.39, 0.29) is 30.4 Å². The van der Waals surface area contributed by atoms with E-state index in [1.54, 1.807) is 18.2 Å². The van der Waals surface area contributed by atoms with Crippen LogP contribution in [0.4, 0.5) is 4.39 Å². The van der Waals surface area contributed by atoms with Crippen molar-refractivity contribution < 1.29 is 19.1 Å². The number of rotatable bonds is 14. The number of aliphatic imine (C=N–C) groups is 1. The van der Waals surface area contributed by atoms with Gasteiger partial charge in [-0.05, 0) is 95.6 Å². The van der Waals surface area contributed by atoms with Crippen molar-refractivity contribution in [3.05, 3.63) is 92.8 Å². The SMILES string of the molecule is NCCCN=C(N)c1ccccc1-c1ccccc1C(=O)C[C@@H](CCCC(=O)O)Cc1cc(I)ccc1F. The second-order valence-corrected chi connectivity index (χ2v) is 10.5. The molecule has 5 N–H and O–H groups in total. The Bertz CT molecular complexity index is 1300. The topological polar surface area (TPSA) is 119 Å². The lowest BCUT2D eigenvalue weighted by atomic mass is 9.85. The minimum absolute atomic E-state index is 0.00618. The van der Waals surface area contributed by atoms with Crippen LogP contribution in [0, 0.1) is 15.3 Å². The summed E-state index contributed by atoms with van der Waals surface area (Å²) in [4.78, 5) is 29.2. The van der Waals surface area contributed by atoms with Crippen molar-refractivity contribution in [1.29, 1.82) is 0 Å². The van der Waals surface area contributed by atoms with E-state index in [4.69, 9.17) is 16.6 Å². The highest BCUT2D eigenvalue weighted by Gasteiger charge is 2.21. The molecule has 0 fully saturated rings. The highest BCUT2D eigenvalue weighted by molar-refractivity contribution is 14.1. The number of Topliss-reactive ketones (excluding diaryl/α,β-unsaturated/α-hetero) is 1. The summed E-state index contributed by atoms with van der Waals surface area (Å²) in [5.74, 6) is -1.11. The molecule has 3 aromatic rings. The van der Waals surface area contributed by atoms with E-state index in [1.165, 1.54) is 6.07 Å². The predicted molar refractivity (Wildman–Crippen MR) is 158 cm³/mol. The molecule has 0 unspecified atom stereocenters. The molecule has 0 aliphatic rings. The first-order chi connectivity index (χ1) is 18.3. The number of halogens is 2. The van der Waals surface area contributed by atoms with Crippen molar-refractivity contribution in [1.82, 2.24) is 0 Å². The lowest BCUT2D eigenvalue weighted by Gasteiger charge is -2.19. The van der Waals surface area contributed by atoms with Crippen molar-refractivity contribution in [3.8, 4) is 11.1 Å². The molecule has 0 spiro atoms. The van der Waals surface area contributed by atoms with Gasteiger partial charge in [-0.1, -0.05) is 48.5 Å². The zero-order chi connectivity index (χ0) is 27.5. The predicted octanol–water partition coefficient (Wildman–Crippen LogP) is 5.84. The normalized spacial score (nSPS) is 12.3. The Morgan fingerprint density at radius 2 is 1.63 bits per heavy atom. The van der Waals surface area contributed by atoms with Crippen molar-refractivity contribution in [3.63, 3.8) is 0 Å². The number of amidine groups is 1. The molecule has 0 aromatic heterocycles. The molecule has 8 heteroatoms. The number of carboxylic acid groups (broad SMARTS) is 1. The molecule has 0 aliphatic heterocycles. The Morgan fingerprint density at radius 1 is 0.974 bits per heavy atom.